The molecular formula is C24H36O3. The summed E-state index contributed by atoms with van der Waals surface area (Å²) < 4.78 is 19.1. The van der Waals surface area contributed by atoms with E-state index in [1.54, 1.807) is 0 Å². The molecule has 4 rings (SSSR count). The van der Waals surface area contributed by atoms with Crippen molar-refractivity contribution in [3.63, 3.8) is 0 Å². The molecule has 0 bridgehead atoms. The van der Waals surface area contributed by atoms with E-state index in [0.29, 0.717) is 18.3 Å². The third-order valence-electron chi connectivity index (χ3n) is 6.46. The Morgan fingerprint density at radius 3 is 1.44 bits per heavy atom. The molecule has 3 saturated carbocycles. The van der Waals surface area contributed by atoms with Crippen molar-refractivity contribution in [2.24, 2.45) is 0 Å². The van der Waals surface area contributed by atoms with Crippen LogP contribution >= 0.6 is 0 Å². The van der Waals surface area contributed by atoms with E-state index < -0.39 is 0 Å². The third-order valence-corrected chi connectivity index (χ3v) is 6.46. The normalized spacial score (nSPS) is 23.1. The van der Waals surface area contributed by atoms with Crippen molar-refractivity contribution in [3.8, 4) is 17.2 Å². The summed E-state index contributed by atoms with van der Waals surface area (Å²) in [7, 11) is 0. The Morgan fingerprint density at radius 2 is 0.926 bits per heavy atom. The van der Waals surface area contributed by atoms with E-state index in [1.165, 1.54) is 83.5 Å². The van der Waals surface area contributed by atoms with Gasteiger partial charge in [0.15, 0.2) is 11.5 Å². The second kappa shape index (κ2) is 9.71. The fourth-order valence-electron chi connectivity index (χ4n) is 4.85. The van der Waals surface area contributed by atoms with Crippen LogP contribution in [0, 0.1) is 0 Å². The highest BCUT2D eigenvalue weighted by molar-refractivity contribution is 5.46. The van der Waals surface area contributed by atoms with Gasteiger partial charge in [0.2, 0.25) is 0 Å². The molecule has 3 heteroatoms. The molecule has 0 amide bonds. The van der Waals surface area contributed by atoms with Gasteiger partial charge in [0, 0.05) is 6.07 Å². The maximum atomic E-state index is 6.45. The standard InChI is InChI=1S/C24H36O3/c1-4-10-19(11-5-1)25-22-16-17-23(26-20-12-6-2-7-13-20)24(18-22)27-21-14-8-3-9-15-21/h16-21H,1-15H2. The van der Waals surface area contributed by atoms with Gasteiger partial charge in [-0.3, -0.25) is 0 Å². The number of benzene rings is 1. The molecule has 3 aliphatic carbocycles. The van der Waals surface area contributed by atoms with Gasteiger partial charge in [-0.05, 0) is 89.2 Å². The van der Waals surface area contributed by atoms with E-state index in [-0.39, 0.29) is 0 Å². The Balaban J connectivity index is 1.47. The Kier molecular flexibility index (Phi) is 6.81. The van der Waals surface area contributed by atoms with Crippen molar-refractivity contribution in [1.82, 2.24) is 0 Å². The van der Waals surface area contributed by atoms with Gasteiger partial charge in [-0.1, -0.05) is 19.3 Å². The molecular weight excluding hydrogens is 336 g/mol. The van der Waals surface area contributed by atoms with Crippen LogP contribution in [0.1, 0.15) is 96.3 Å². The Hall–Kier alpha value is -1.38. The van der Waals surface area contributed by atoms with Crippen molar-refractivity contribution in [2.75, 3.05) is 0 Å². The minimum atomic E-state index is 0.331. The van der Waals surface area contributed by atoms with Gasteiger partial charge >= 0.3 is 0 Å². The number of hydrogen-bond acceptors (Lipinski definition) is 3. The fraction of sp³-hybridized carbons (Fsp3) is 0.750. The van der Waals surface area contributed by atoms with Gasteiger partial charge in [0.05, 0.1) is 18.3 Å². The van der Waals surface area contributed by atoms with E-state index in [0.717, 1.165) is 30.1 Å². The van der Waals surface area contributed by atoms with Crippen LogP contribution in [0.25, 0.3) is 0 Å². The molecule has 0 N–H and O–H groups in total. The van der Waals surface area contributed by atoms with Gasteiger partial charge in [-0.2, -0.15) is 0 Å². The minimum Gasteiger partial charge on any atom is -0.490 e. The van der Waals surface area contributed by atoms with Crippen molar-refractivity contribution in [1.29, 1.82) is 0 Å². The first-order valence-electron chi connectivity index (χ1n) is 11.5. The van der Waals surface area contributed by atoms with Crippen LogP contribution in [0.2, 0.25) is 0 Å². The lowest BCUT2D eigenvalue weighted by atomic mass is 9.97. The summed E-state index contributed by atoms with van der Waals surface area (Å²) in [6, 6.07) is 6.27. The third kappa shape index (κ3) is 5.56. The number of rotatable bonds is 6. The second-order valence-electron chi connectivity index (χ2n) is 8.74. The van der Waals surface area contributed by atoms with Gasteiger partial charge in [-0.15, -0.1) is 0 Å². The lowest BCUT2D eigenvalue weighted by Gasteiger charge is -2.28. The van der Waals surface area contributed by atoms with Crippen LogP contribution in [-0.2, 0) is 0 Å². The molecule has 0 aromatic heterocycles. The molecule has 0 saturated heterocycles. The first-order chi connectivity index (χ1) is 13.4. The molecule has 3 fully saturated rings. The van der Waals surface area contributed by atoms with Crippen molar-refractivity contribution in [2.45, 2.75) is 115 Å². The van der Waals surface area contributed by atoms with Crippen LogP contribution in [0.5, 0.6) is 17.2 Å². The van der Waals surface area contributed by atoms with Crippen LogP contribution in [0.3, 0.4) is 0 Å². The zero-order valence-electron chi connectivity index (χ0n) is 16.8. The molecule has 0 aliphatic heterocycles. The van der Waals surface area contributed by atoms with Crippen LogP contribution < -0.4 is 14.2 Å². The summed E-state index contributed by atoms with van der Waals surface area (Å²) in [6.45, 7) is 0. The molecule has 3 nitrogen and oxygen atoms in total. The zero-order chi connectivity index (χ0) is 18.3. The average molecular weight is 373 g/mol. The quantitative estimate of drug-likeness (QED) is 0.548. The predicted octanol–water partition coefficient (Wildman–Crippen LogP) is 6.82. The number of ether oxygens (including phenoxy) is 3. The van der Waals surface area contributed by atoms with Gasteiger partial charge in [-0.25, -0.2) is 0 Å². The summed E-state index contributed by atoms with van der Waals surface area (Å²) in [5.41, 5.74) is 0. The van der Waals surface area contributed by atoms with Crippen molar-refractivity contribution >= 4 is 0 Å². The maximum absolute atomic E-state index is 6.45. The summed E-state index contributed by atoms with van der Waals surface area (Å²) in [5, 5.41) is 0. The molecule has 0 spiro atoms. The molecule has 27 heavy (non-hydrogen) atoms. The first kappa shape index (κ1) is 19.0. The molecule has 1 aromatic carbocycles. The topological polar surface area (TPSA) is 27.7 Å². The van der Waals surface area contributed by atoms with Crippen molar-refractivity contribution < 1.29 is 14.2 Å². The Morgan fingerprint density at radius 1 is 0.481 bits per heavy atom. The second-order valence-corrected chi connectivity index (χ2v) is 8.74. The smallest absolute Gasteiger partial charge is 0.165 e. The van der Waals surface area contributed by atoms with E-state index in [9.17, 15) is 0 Å². The Bertz CT molecular complexity index is 567. The summed E-state index contributed by atoms with van der Waals surface area (Å²) >= 11 is 0. The Labute approximate surface area is 164 Å². The monoisotopic (exact) mass is 372 g/mol. The molecule has 0 atom stereocenters. The summed E-state index contributed by atoms with van der Waals surface area (Å²) in [5.74, 6) is 2.77. The zero-order valence-corrected chi connectivity index (χ0v) is 16.8. The molecule has 3 aliphatic rings. The predicted molar refractivity (Wildman–Crippen MR) is 109 cm³/mol. The minimum absolute atomic E-state index is 0.331. The summed E-state index contributed by atoms with van der Waals surface area (Å²) in [4.78, 5) is 0. The highest BCUT2D eigenvalue weighted by atomic mass is 16.5. The fourth-order valence-corrected chi connectivity index (χ4v) is 4.85. The largest absolute Gasteiger partial charge is 0.490 e. The van der Waals surface area contributed by atoms with Crippen LogP contribution in [0.15, 0.2) is 18.2 Å². The van der Waals surface area contributed by atoms with Gasteiger partial charge < -0.3 is 14.2 Å². The van der Waals surface area contributed by atoms with E-state index >= 15 is 0 Å². The molecule has 1 aromatic rings. The number of hydrogen-bond donors (Lipinski definition) is 0. The molecule has 0 unspecified atom stereocenters. The van der Waals surface area contributed by atoms with E-state index in [1.807, 2.05) is 0 Å². The highest BCUT2D eigenvalue weighted by Gasteiger charge is 2.22. The lowest BCUT2D eigenvalue weighted by Crippen LogP contribution is -2.23. The first-order valence-corrected chi connectivity index (χ1v) is 11.5. The molecule has 0 heterocycles. The summed E-state index contributed by atoms with van der Waals surface area (Å²) in [6.07, 6.45) is 19.8. The maximum Gasteiger partial charge on any atom is 0.165 e. The van der Waals surface area contributed by atoms with Gasteiger partial charge in [0.1, 0.15) is 5.75 Å². The van der Waals surface area contributed by atoms with E-state index in [2.05, 4.69) is 18.2 Å². The van der Waals surface area contributed by atoms with Crippen molar-refractivity contribution in [3.05, 3.63) is 18.2 Å². The molecule has 150 valence electrons. The highest BCUT2D eigenvalue weighted by Crippen LogP contribution is 2.37. The van der Waals surface area contributed by atoms with E-state index in [4.69, 9.17) is 14.2 Å². The SMILES string of the molecule is c1cc(OC2CCCCC2)c(OC2CCCCC2)cc1OC1CCCCC1. The molecule has 0 radical (unpaired) electrons. The average Bonchev–Trinajstić information content (AvgIpc) is 2.72. The van der Waals surface area contributed by atoms with Gasteiger partial charge in [0.25, 0.3) is 0 Å². The lowest BCUT2D eigenvalue weighted by molar-refractivity contribution is 0.120. The van der Waals surface area contributed by atoms with Crippen LogP contribution in [-0.4, -0.2) is 18.3 Å². The van der Waals surface area contributed by atoms with Crippen LogP contribution in [0.4, 0.5) is 0 Å².